The maximum absolute atomic E-state index is 6.24. The molecule has 2 unspecified atom stereocenters. The van der Waals surface area contributed by atoms with Gasteiger partial charge < -0.3 is 25.0 Å². The van der Waals surface area contributed by atoms with Gasteiger partial charge in [0.25, 0.3) is 0 Å². The minimum absolute atomic E-state index is 0.535. The van der Waals surface area contributed by atoms with Crippen LogP contribution in [-0.2, 0) is 0 Å². The maximum Gasteiger partial charge on any atom is 0.191 e. The van der Waals surface area contributed by atoms with Crippen molar-refractivity contribution in [3.8, 4) is 11.5 Å². The lowest BCUT2D eigenvalue weighted by molar-refractivity contribution is 0.270. The zero-order valence-electron chi connectivity index (χ0n) is 16.3. The van der Waals surface area contributed by atoms with Gasteiger partial charge in [0, 0.05) is 56.6 Å². The summed E-state index contributed by atoms with van der Waals surface area (Å²) in [4.78, 5) is 9.33. The minimum atomic E-state index is 0.535. The van der Waals surface area contributed by atoms with Crippen molar-refractivity contribution in [2.24, 2.45) is 22.6 Å². The normalized spacial score (nSPS) is 24.0. The lowest BCUT2D eigenvalue weighted by Gasteiger charge is -2.31. The number of anilines is 1. The van der Waals surface area contributed by atoms with Crippen LogP contribution in [0.4, 0.5) is 5.69 Å². The molecule has 0 spiro atoms. The van der Waals surface area contributed by atoms with E-state index in [2.05, 4.69) is 28.9 Å². The van der Waals surface area contributed by atoms with Crippen molar-refractivity contribution in [2.75, 3.05) is 51.8 Å². The van der Waals surface area contributed by atoms with E-state index in [1.807, 2.05) is 6.07 Å². The molecule has 2 heterocycles. The van der Waals surface area contributed by atoms with E-state index in [1.165, 1.54) is 12.8 Å². The van der Waals surface area contributed by atoms with Crippen LogP contribution in [0.2, 0.25) is 0 Å². The summed E-state index contributed by atoms with van der Waals surface area (Å²) in [5.74, 6) is 3.61. The van der Waals surface area contributed by atoms with Crippen molar-refractivity contribution < 1.29 is 9.47 Å². The molecule has 0 aliphatic carbocycles. The Morgan fingerprint density at radius 3 is 2.50 bits per heavy atom. The molecule has 1 aromatic carbocycles. The Hall–Kier alpha value is -2.11. The van der Waals surface area contributed by atoms with Gasteiger partial charge in [-0.25, -0.2) is 0 Å². The Bertz CT molecular complexity index is 612. The van der Waals surface area contributed by atoms with E-state index in [1.54, 1.807) is 14.2 Å². The Kier molecular flexibility index (Phi) is 6.12. The average molecular weight is 361 g/mol. The van der Waals surface area contributed by atoms with Crippen LogP contribution >= 0.6 is 0 Å². The van der Waals surface area contributed by atoms with Crippen LogP contribution in [0.5, 0.6) is 11.5 Å². The third-order valence-corrected chi connectivity index (χ3v) is 5.48. The number of ether oxygens (including phenoxy) is 2. The Morgan fingerprint density at radius 1 is 1.12 bits per heavy atom. The van der Waals surface area contributed by atoms with Crippen molar-refractivity contribution in [1.29, 1.82) is 0 Å². The molecule has 2 N–H and O–H groups in total. The molecule has 26 heavy (non-hydrogen) atoms. The van der Waals surface area contributed by atoms with Gasteiger partial charge in [-0.3, -0.25) is 4.99 Å². The summed E-state index contributed by atoms with van der Waals surface area (Å²) in [7, 11) is 3.37. The molecular weight excluding hydrogens is 328 g/mol. The van der Waals surface area contributed by atoms with Gasteiger partial charge in [-0.05, 0) is 31.1 Å². The smallest absolute Gasteiger partial charge is 0.191 e. The molecule has 2 saturated heterocycles. The number of rotatable bonds is 5. The van der Waals surface area contributed by atoms with Gasteiger partial charge in [0.2, 0.25) is 0 Å². The molecule has 2 fully saturated rings. The average Bonchev–Trinajstić information content (AvgIpc) is 3.14. The fourth-order valence-corrected chi connectivity index (χ4v) is 3.91. The zero-order valence-corrected chi connectivity index (χ0v) is 16.3. The Morgan fingerprint density at radius 2 is 1.85 bits per heavy atom. The number of aliphatic imine (C=N–C) groups is 1. The van der Waals surface area contributed by atoms with Gasteiger partial charge in [-0.15, -0.1) is 0 Å². The van der Waals surface area contributed by atoms with Gasteiger partial charge in [-0.2, -0.15) is 0 Å². The molecule has 6 heteroatoms. The highest BCUT2D eigenvalue weighted by Crippen LogP contribution is 2.31. The first-order valence-electron chi connectivity index (χ1n) is 9.62. The quantitative estimate of drug-likeness (QED) is 0.646. The first kappa shape index (κ1) is 18.7. The summed E-state index contributed by atoms with van der Waals surface area (Å²) >= 11 is 0. The van der Waals surface area contributed by atoms with E-state index in [0.717, 1.165) is 62.3 Å². The summed E-state index contributed by atoms with van der Waals surface area (Å²) in [6.45, 7) is 7.18. The van der Waals surface area contributed by atoms with Crippen molar-refractivity contribution in [3.05, 3.63) is 18.2 Å². The highest BCUT2D eigenvalue weighted by atomic mass is 16.5. The second-order valence-corrected chi connectivity index (χ2v) is 7.56. The monoisotopic (exact) mass is 360 g/mol. The van der Waals surface area contributed by atoms with Gasteiger partial charge in [0.05, 0.1) is 14.2 Å². The fourth-order valence-electron chi connectivity index (χ4n) is 3.91. The van der Waals surface area contributed by atoms with E-state index in [4.69, 9.17) is 20.2 Å². The molecule has 144 valence electrons. The molecule has 2 atom stereocenters. The molecule has 3 rings (SSSR count). The first-order valence-corrected chi connectivity index (χ1v) is 9.62. The number of likely N-dealkylation sites (tertiary alicyclic amines) is 1. The van der Waals surface area contributed by atoms with Crippen LogP contribution < -0.4 is 20.1 Å². The van der Waals surface area contributed by atoms with Crippen LogP contribution in [-0.4, -0.2) is 57.8 Å². The zero-order chi connectivity index (χ0) is 18.5. The predicted octanol–water partition coefficient (Wildman–Crippen LogP) is 2.58. The molecule has 0 amide bonds. The van der Waals surface area contributed by atoms with E-state index < -0.39 is 0 Å². The van der Waals surface area contributed by atoms with E-state index in [-0.39, 0.29) is 0 Å². The molecule has 2 aliphatic rings. The van der Waals surface area contributed by atoms with Crippen LogP contribution in [0.1, 0.15) is 26.2 Å². The summed E-state index contributed by atoms with van der Waals surface area (Å²) in [5.41, 5.74) is 7.38. The van der Waals surface area contributed by atoms with Crippen molar-refractivity contribution in [1.82, 2.24) is 4.90 Å². The van der Waals surface area contributed by atoms with Gasteiger partial charge >= 0.3 is 0 Å². The number of guanidine groups is 1. The molecule has 6 nitrogen and oxygen atoms in total. The minimum Gasteiger partial charge on any atom is -0.497 e. The van der Waals surface area contributed by atoms with E-state index in [9.17, 15) is 0 Å². The molecule has 1 aromatic rings. The number of hydrogen-bond donors (Lipinski definition) is 1. The molecule has 0 saturated carbocycles. The number of methoxy groups -OCH3 is 2. The summed E-state index contributed by atoms with van der Waals surface area (Å²) < 4.78 is 10.8. The van der Waals surface area contributed by atoms with Crippen molar-refractivity contribution in [2.45, 2.75) is 26.2 Å². The topological polar surface area (TPSA) is 63.3 Å². The number of nitrogens with zero attached hydrogens (tertiary/aromatic N) is 3. The van der Waals surface area contributed by atoms with Crippen LogP contribution in [0.15, 0.2) is 23.2 Å². The summed E-state index contributed by atoms with van der Waals surface area (Å²) in [5, 5.41) is 0. The molecule has 0 radical (unpaired) electrons. The molecule has 2 aliphatic heterocycles. The second kappa shape index (κ2) is 8.52. The predicted molar refractivity (Wildman–Crippen MR) is 106 cm³/mol. The van der Waals surface area contributed by atoms with E-state index in [0.29, 0.717) is 11.8 Å². The van der Waals surface area contributed by atoms with Crippen molar-refractivity contribution in [3.63, 3.8) is 0 Å². The lowest BCUT2D eigenvalue weighted by Crippen LogP contribution is -2.43. The standard InChI is InChI=1S/C20H32N4O2/c1-15-5-4-7-24(13-15)20(21)22-12-16-6-8-23(14-16)17-9-18(25-2)11-19(10-17)26-3/h9-11,15-16H,4-8,12-14H2,1-3H3,(H2,21,22). The molecule has 0 aromatic heterocycles. The second-order valence-electron chi connectivity index (χ2n) is 7.56. The number of benzene rings is 1. The Balaban J connectivity index is 1.58. The number of hydrogen-bond acceptors (Lipinski definition) is 4. The third kappa shape index (κ3) is 4.54. The van der Waals surface area contributed by atoms with Gasteiger partial charge in [0.15, 0.2) is 5.96 Å². The molecule has 0 bridgehead atoms. The third-order valence-electron chi connectivity index (χ3n) is 5.48. The van der Waals surface area contributed by atoms with Gasteiger partial charge in [0.1, 0.15) is 11.5 Å². The van der Waals surface area contributed by atoms with E-state index >= 15 is 0 Å². The highest BCUT2D eigenvalue weighted by molar-refractivity contribution is 5.78. The first-order chi connectivity index (χ1) is 12.6. The Labute approximate surface area is 157 Å². The number of piperidine rings is 1. The highest BCUT2D eigenvalue weighted by Gasteiger charge is 2.24. The van der Waals surface area contributed by atoms with Crippen LogP contribution in [0.25, 0.3) is 0 Å². The van der Waals surface area contributed by atoms with Crippen LogP contribution in [0, 0.1) is 11.8 Å². The lowest BCUT2D eigenvalue weighted by atomic mass is 10.0. The summed E-state index contributed by atoms with van der Waals surface area (Å²) in [6.07, 6.45) is 3.64. The largest absolute Gasteiger partial charge is 0.497 e. The fraction of sp³-hybridized carbons (Fsp3) is 0.650. The van der Waals surface area contributed by atoms with Crippen LogP contribution in [0.3, 0.4) is 0 Å². The maximum atomic E-state index is 6.24. The van der Waals surface area contributed by atoms with Crippen molar-refractivity contribution >= 4 is 11.6 Å². The number of nitrogens with two attached hydrogens (primary N) is 1. The summed E-state index contributed by atoms with van der Waals surface area (Å²) in [6, 6.07) is 6.04. The SMILES string of the molecule is COc1cc(OC)cc(N2CCC(CN=C(N)N3CCCC(C)C3)C2)c1. The molecular formula is C20H32N4O2. The van der Waals surface area contributed by atoms with Gasteiger partial charge in [-0.1, -0.05) is 6.92 Å².